The van der Waals surface area contributed by atoms with E-state index in [0.717, 1.165) is 13.8 Å². The van der Waals surface area contributed by atoms with Gasteiger partial charge in [-0.15, -0.1) is 0 Å². The van der Waals surface area contributed by atoms with Gasteiger partial charge in [0.25, 0.3) is 0 Å². The van der Waals surface area contributed by atoms with Crippen molar-refractivity contribution >= 4 is 47.3 Å². The predicted octanol–water partition coefficient (Wildman–Crippen LogP) is -7.20. The van der Waals surface area contributed by atoms with Crippen molar-refractivity contribution in [2.45, 2.75) is 75.1 Å². The summed E-state index contributed by atoms with van der Waals surface area (Å²) in [5, 5.41) is 61.2. The normalized spacial score (nSPS) is 15.7. The Hall–Kier alpha value is -5.22. The van der Waals surface area contributed by atoms with Crippen LogP contribution >= 0.6 is 0 Å². The van der Waals surface area contributed by atoms with E-state index in [1.54, 1.807) is 30.3 Å². The number of primary amides is 1. The van der Waals surface area contributed by atoms with Crippen LogP contribution in [0.15, 0.2) is 30.3 Å². The second kappa shape index (κ2) is 21.0. The molecule has 0 aliphatic rings. The van der Waals surface area contributed by atoms with Gasteiger partial charge in [-0.1, -0.05) is 30.3 Å². The zero-order chi connectivity index (χ0) is 38.1. The highest BCUT2D eigenvalue weighted by Crippen LogP contribution is 2.07. The summed E-state index contributed by atoms with van der Waals surface area (Å²) < 4.78 is 0. The van der Waals surface area contributed by atoms with E-state index in [1.807, 2.05) is 5.32 Å². The number of carbonyl (C=O) groups is 8. The van der Waals surface area contributed by atoms with E-state index >= 15 is 0 Å². The second-order valence-electron chi connectivity index (χ2n) is 11.0. The minimum atomic E-state index is -1.83. The number of hydrogen-bond acceptors (Lipinski definition) is 13. The summed E-state index contributed by atoms with van der Waals surface area (Å²) in [4.78, 5) is 100. The van der Waals surface area contributed by atoms with Crippen LogP contribution in [0.1, 0.15) is 25.8 Å². The van der Waals surface area contributed by atoms with E-state index in [4.69, 9.17) is 11.5 Å². The van der Waals surface area contributed by atoms with Crippen molar-refractivity contribution in [2.75, 3.05) is 19.8 Å². The first-order chi connectivity index (χ1) is 23.4. The molecule has 0 aromatic heterocycles. The summed E-state index contributed by atoms with van der Waals surface area (Å²) in [6.07, 6.45) is -4.24. The highest BCUT2D eigenvalue weighted by atomic mass is 16.4. The summed E-state index contributed by atoms with van der Waals surface area (Å²) >= 11 is 0. The molecule has 0 saturated carbocycles. The van der Waals surface area contributed by atoms with E-state index in [0.29, 0.717) is 5.56 Å². The number of aliphatic hydroxyl groups excluding tert-OH is 4. The third kappa shape index (κ3) is 14.1. The van der Waals surface area contributed by atoms with Crippen molar-refractivity contribution in [3.05, 3.63) is 35.9 Å². The Balaban J connectivity index is 3.29. The van der Waals surface area contributed by atoms with Crippen LogP contribution in [0.3, 0.4) is 0 Å². The lowest BCUT2D eigenvalue weighted by Crippen LogP contribution is -2.62. The average Bonchev–Trinajstić information content (AvgIpc) is 3.05. The molecule has 50 heavy (non-hydrogen) atoms. The van der Waals surface area contributed by atoms with Gasteiger partial charge in [0.2, 0.25) is 41.4 Å². The number of nitrogens with two attached hydrogens (primary N) is 2. The number of nitrogens with one attached hydrogen (secondary N) is 6. The Morgan fingerprint density at radius 3 is 1.56 bits per heavy atom. The SMILES string of the molecule is C[C@@H](O)[C@H](NC(=O)[C@H](CO)NC(=O)[C@@H](NC(=O)[C@H](Cc1ccccc1)NC(=O)[C@H](CC(N)=O)NC(=O)[C@H](CO)NC(=O)CN)[C@@H](C)O)C(=O)O. The number of carboxylic acid groups (broad SMARTS) is 1. The maximum atomic E-state index is 13.6. The molecule has 1 aromatic carbocycles. The fraction of sp³-hybridized carbons (Fsp3) is 0.517. The van der Waals surface area contributed by atoms with Gasteiger partial charge in [0.15, 0.2) is 6.04 Å². The Bertz CT molecular complexity index is 1360. The highest BCUT2D eigenvalue weighted by Gasteiger charge is 2.35. The number of benzene rings is 1. The molecule has 21 heteroatoms. The van der Waals surface area contributed by atoms with E-state index in [1.165, 1.54) is 0 Å². The number of aliphatic carboxylic acids is 1. The average molecular weight is 713 g/mol. The molecule has 278 valence electrons. The molecule has 1 aromatic rings. The van der Waals surface area contributed by atoms with E-state index in [-0.39, 0.29) is 6.42 Å². The number of carbonyl (C=O) groups excluding carboxylic acids is 7. The highest BCUT2D eigenvalue weighted by molar-refractivity contribution is 5.98. The first-order valence-corrected chi connectivity index (χ1v) is 15.1. The molecule has 0 saturated heterocycles. The third-order valence-electron chi connectivity index (χ3n) is 6.90. The summed E-state index contributed by atoms with van der Waals surface area (Å²) in [5.41, 5.74) is 10.9. The molecule has 8 atom stereocenters. The fourth-order valence-electron chi connectivity index (χ4n) is 4.22. The predicted molar refractivity (Wildman–Crippen MR) is 170 cm³/mol. The number of amides is 7. The van der Waals surface area contributed by atoms with Crippen LogP contribution in [-0.2, 0) is 44.8 Å². The van der Waals surface area contributed by atoms with Gasteiger partial charge in [-0.3, -0.25) is 33.6 Å². The van der Waals surface area contributed by atoms with Gasteiger partial charge in [0.1, 0.15) is 30.2 Å². The number of aliphatic hydroxyl groups is 4. The third-order valence-corrected chi connectivity index (χ3v) is 6.90. The zero-order valence-corrected chi connectivity index (χ0v) is 27.2. The van der Waals surface area contributed by atoms with Gasteiger partial charge in [-0.25, -0.2) is 4.79 Å². The van der Waals surface area contributed by atoms with Crippen LogP contribution in [0.5, 0.6) is 0 Å². The lowest BCUT2D eigenvalue weighted by Gasteiger charge is -2.28. The Morgan fingerprint density at radius 1 is 0.640 bits per heavy atom. The second-order valence-corrected chi connectivity index (χ2v) is 11.0. The molecule has 1 rings (SSSR count). The number of hydrogen-bond donors (Lipinski definition) is 13. The smallest absolute Gasteiger partial charge is 0.328 e. The first-order valence-electron chi connectivity index (χ1n) is 15.1. The molecular formula is C29H44N8O13. The van der Waals surface area contributed by atoms with Gasteiger partial charge in [0, 0.05) is 6.42 Å². The summed E-state index contributed by atoms with van der Waals surface area (Å²) in [6, 6.07) is -2.22. The summed E-state index contributed by atoms with van der Waals surface area (Å²) in [6.45, 7) is -0.329. The molecular weight excluding hydrogens is 668 g/mol. The first kappa shape index (κ1) is 42.8. The van der Waals surface area contributed by atoms with Crippen LogP contribution in [0, 0.1) is 0 Å². The molecule has 7 amide bonds. The monoisotopic (exact) mass is 712 g/mol. The molecule has 0 fully saturated rings. The largest absolute Gasteiger partial charge is 0.480 e. The van der Waals surface area contributed by atoms with Gasteiger partial charge in [-0.2, -0.15) is 0 Å². The molecule has 21 nitrogen and oxygen atoms in total. The molecule has 0 aliphatic carbocycles. The molecule has 0 aliphatic heterocycles. The topological polar surface area (TPSA) is 362 Å². The van der Waals surface area contributed by atoms with Crippen molar-refractivity contribution in [1.29, 1.82) is 0 Å². The molecule has 0 spiro atoms. The van der Waals surface area contributed by atoms with Gasteiger partial charge in [-0.05, 0) is 19.4 Å². The Morgan fingerprint density at radius 2 is 1.08 bits per heavy atom. The van der Waals surface area contributed by atoms with Gasteiger partial charge < -0.3 is 68.9 Å². The number of rotatable bonds is 21. The summed E-state index contributed by atoms with van der Waals surface area (Å²) in [5.74, 6) is -9.23. The van der Waals surface area contributed by atoms with E-state index < -0.39 is 122 Å². The zero-order valence-electron chi connectivity index (χ0n) is 27.2. The Labute approximate surface area is 285 Å². The van der Waals surface area contributed by atoms with E-state index in [9.17, 15) is 63.9 Å². The number of carboxylic acids is 1. The van der Waals surface area contributed by atoms with Crippen LogP contribution in [0.2, 0.25) is 0 Å². The molecule has 15 N–H and O–H groups in total. The Kier molecular flexibility index (Phi) is 18.0. The van der Waals surface area contributed by atoms with Crippen LogP contribution in [0.25, 0.3) is 0 Å². The standard InChI is InChI=1S/C29H44N8O13/c1-13(40)22(28(48)35-19(12-39)27(47)37-23(14(2)41)29(49)50)36-25(45)16(8-15-6-4-3-5-7-15)33-24(44)17(9-20(31)42)34-26(46)18(11-38)32-21(43)10-30/h3-7,13-14,16-19,22-23,38-41H,8-12,30H2,1-2H3,(H2,31,42)(H,32,43)(H,33,44)(H,34,46)(H,35,48)(H,36,45)(H,37,47)(H,49,50)/t13-,14-,16+,17+,18+,19+,22+,23+/m1/s1. The van der Waals surface area contributed by atoms with Crippen molar-refractivity contribution in [1.82, 2.24) is 31.9 Å². The molecule has 0 unspecified atom stereocenters. The molecule has 0 heterocycles. The molecule has 0 radical (unpaired) electrons. The minimum Gasteiger partial charge on any atom is -0.480 e. The maximum absolute atomic E-state index is 13.6. The van der Waals surface area contributed by atoms with Crippen molar-refractivity contribution in [2.24, 2.45) is 11.5 Å². The van der Waals surface area contributed by atoms with Crippen molar-refractivity contribution in [3.8, 4) is 0 Å². The van der Waals surface area contributed by atoms with Gasteiger partial charge in [0.05, 0.1) is 38.4 Å². The van der Waals surface area contributed by atoms with Crippen molar-refractivity contribution < 1.29 is 63.9 Å². The fourth-order valence-corrected chi connectivity index (χ4v) is 4.22. The van der Waals surface area contributed by atoms with Crippen LogP contribution in [0.4, 0.5) is 0 Å². The maximum Gasteiger partial charge on any atom is 0.328 e. The van der Waals surface area contributed by atoms with Crippen LogP contribution in [-0.4, -0.2) is 141 Å². The van der Waals surface area contributed by atoms with E-state index in [2.05, 4.69) is 26.6 Å². The molecule has 0 bridgehead atoms. The summed E-state index contributed by atoms with van der Waals surface area (Å²) in [7, 11) is 0. The van der Waals surface area contributed by atoms with Gasteiger partial charge >= 0.3 is 5.97 Å². The lowest BCUT2D eigenvalue weighted by atomic mass is 10.0. The minimum absolute atomic E-state index is 0.243. The van der Waals surface area contributed by atoms with Crippen LogP contribution < -0.4 is 43.4 Å². The lowest BCUT2D eigenvalue weighted by molar-refractivity contribution is -0.145. The quantitative estimate of drug-likeness (QED) is 0.0563. The van der Waals surface area contributed by atoms with Crippen molar-refractivity contribution in [3.63, 3.8) is 0 Å².